The summed E-state index contributed by atoms with van der Waals surface area (Å²) >= 11 is 12.0. The molecule has 118 valence electrons. The maximum absolute atomic E-state index is 12.2. The number of carbonyl (C=O) groups excluding carboxylic acids is 1. The highest BCUT2D eigenvalue weighted by atomic mass is 35.5. The quantitative estimate of drug-likeness (QED) is 0.676. The standard InChI is InChI=1S/C16H18Cl2N2O2/c1-15(9-16(15,17)18)14(21)20-19-13-5-3-4-10-8-11(22-2)6-7-12(10)13/h6-8H,3-5,9H2,1-2H3,(H,20,21). The predicted molar refractivity (Wildman–Crippen MR) is 87.8 cm³/mol. The van der Waals surface area contributed by atoms with Gasteiger partial charge in [0.25, 0.3) is 0 Å². The highest BCUT2D eigenvalue weighted by molar-refractivity contribution is 6.53. The van der Waals surface area contributed by atoms with Crippen molar-refractivity contribution in [2.45, 2.75) is 36.9 Å². The average molecular weight is 341 g/mol. The molecule has 1 aromatic rings. The molecule has 3 rings (SSSR count). The number of amides is 1. The zero-order chi connectivity index (χ0) is 16.0. The number of ether oxygens (including phenoxy) is 1. The van der Waals surface area contributed by atoms with E-state index >= 15 is 0 Å². The van der Waals surface area contributed by atoms with Crippen molar-refractivity contribution < 1.29 is 9.53 Å². The number of aryl methyl sites for hydroxylation is 1. The van der Waals surface area contributed by atoms with Gasteiger partial charge >= 0.3 is 0 Å². The van der Waals surface area contributed by atoms with Crippen LogP contribution in [0.25, 0.3) is 0 Å². The Labute approximate surface area is 139 Å². The minimum Gasteiger partial charge on any atom is -0.497 e. The van der Waals surface area contributed by atoms with E-state index in [0.717, 1.165) is 36.3 Å². The van der Waals surface area contributed by atoms with Crippen LogP contribution in [0.1, 0.15) is 37.3 Å². The average Bonchev–Trinajstić information content (AvgIpc) is 3.03. The van der Waals surface area contributed by atoms with Crippen LogP contribution in [-0.2, 0) is 11.2 Å². The van der Waals surface area contributed by atoms with Gasteiger partial charge in [-0.2, -0.15) is 5.10 Å². The second-order valence-electron chi connectivity index (χ2n) is 6.09. The van der Waals surface area contributed by atoms with Gasteiger partial charge in [-0.05, 0) is 56.4 Å². The number of nitrogens with one attached hydrogen (secondary N) is 1. The maximum atomic E-state index is 12.2. The molecule has 0 radical (unpaired) electrons. The summed E-state index contributed by atoms with van der Waals surface area (Å²) < 4.78 is 4.27. The molecule has 22 heavy (non-hydrogen) atoms. The third-order valence-electron chi connectivity index (χ3n) is 4.53. The van der Waals surface area contributed by atoms with E-state index in [9.17, 15) is 4.79 Å². The first-order valence-electron chi connectivity index (χ1n) is 7.29. The molecule has 0 aliphatic heterocycles. The summed E-state index contributed by atoms with van der Waals surface area (Å²) in [5.74, 6) is 0.606. The summed E-state index contributed by atoms with van der Waals surface area (Å²) in [6.07, 6.45) is 3.28. The molecule has 0 saturated heterocycles. The summed E-state index contributed by atoms with van der Waals surface area (Å²) in [5.41, 5.74) is 5.02. The summed E-state index contributed by atoms with van der Waals surface area (Å²) in [5, 5.41) is 4.31. The van der Waals surface area contributed by atoms with Crippen molar-refractivity contribution in [1.29, 1.82) is 0 Å². The minimum atomic E-state index is -0.977. The molecule has 0 aromatic heterocycles. The van der Waals surface area contributed by atoms with Gasteiger partial charge in [0.1, 0.15) is 10.1 Å². The van der Waals surface area contributed by atoms with E-state index in [2.05, 4.69) is 10.5 Å². The fourth-order valence-electron chi connectivity index (χ4n) is 2.77. The molecule has 1 unspecified atom stereocenters. The Morgan fingerprint density at radius 3 is 2.73 bits per heavy atom. The van der Waals surface area contributed by atoms with E-state index in [1.54, 1.807) is 14.0 Å². The Hall–Kier alpha value is -1.26. The van der Waals surface area contributed by atoms with Crippen LogP contribution in [0.4, 0.5) is 0 Å². The summed E-state index contributed by atoms with van der Waals surface area (Å²) in [7, 11) is 1.65. The highest BCUT2D eigenvalue weighted by Gasteiger charge is 2.68. The number of benzene rings is 1. The Bertz CT molecular complexity index is 658. The molecule has 0 spiro atoms. The number of alkyl halides is 2. The molecule has 1 N–H and O–H groups in total. The van der Waals surface area contributed by atoms with E-state index in [1.165, 1.54) is 5.56 Å². The highest BCUT2D eigenvalue weighted by Crippen LogP contribution is 2.63. The van der Waals surface area contributed by atoms with E-state index in [1.807, 2.05) is 18.2 Å². The zero-order valence-corrected chi connectivity index (χ0v) is 14.1. The molecule has 1 fully saturated rings. The molecule has 4 nitrogen and oxygen atoms in total. The van der Waals surface area contributed by atoms with Gasteiger partial charge in [-0.1, -0.05) is 0 Å². The van der Waals surface area contributed by atoms with E-state index in [0.29, 0.717) is 6.42 Å². The van der Waals surface area contributed by atoms with Crippen LogP contribution < -0.4 is 10.2 Å². The number of hydrogen-bond donors (Lipinski definition) is 1. The molecule has 6 heteroatoms. The van der Waals surface area contributed by atoms with Crippen molar-refractivity contribution in [3.8, 4) is 5.75 Å². The van der Waals surface area contributed by atoms with Crippen LogP contribution in [0.2, 0.25) is 0 Å². The van der Waals surface area contributed by atoms with Crippen LogP contribution in [0.3, 0.4) is 0 Å². The Morgan fingerprint density at radius 2 is 2.09 bits per heavy atom. The van der Waals surface area contributed by atoms with Gasteiger partial charge in [0.2, 0.25) is 5.91 Å². The number of rotatable bonds is 3. The maximum Gasteiger partial charge on any atom is 0.249 e. The van der Waals surface area contributed by atoms with Gasteiger partial charge in [-0.15, -0.1) is 23.2 Å². The molecular weight excluding hydrogens is 323 g/mol. The molecule has 1 amide bonds. The number of hydrogen-bond acceptors (Lipinski definition) is 3. The van der Waals surface area contributed by atoms with Gasteiger partial charge in [-0.3, -0.25) is 4.79 Å². The molecule has 0 heterocycles. The minimum absolute atomic E-state index is 0.231. The van der Waals surface area contributed by atoms with Crippen LogP contribution in [0, 0.1) is 5.41 Å². The first kappa shape index (κ1) is 15.6. The SMILES string of the molecule is COc1ccc2c(c1)CCCC2=NNC(=O)C1(C)CC1(Cl)Cl. The summed E-state index contributed by atoms with van der Waals surface area (Å²) in [6, 6.07) is 5.92. The number of nitrogens with zero attached hydrogens (tertiary/aromatic N) is 1. The first-order chi connectivity index (χ1) is 10.4. The molecule has 2 aliphatic carbocycles. The topological polar surface area (TPSA) is 50.7 Å². The monoisotopic (exact) mass is 340 g/mol. The molecular formula is C16H18Cl2N2O2. The van der Waals surface area contributed by atoms with Crippen LogP contribution in [0.5, 0.6) is 5.75 Å². The smallest absolute Gasteiger partial charge is 0.249 e. The molecule has 1 atom stereocenters. The van der Waals surface area contributed by atoms with Gasteiger partial charge in [-0.25, -0.2) is 5.43 Å². The van der Waals surface area contributed by atoms with Crippen LogP contribution >= 0.6 is 23.2 Å². The van der Waals surface area contributed by atoms with Crippen molar-refractivity contribution in [3.05, 3.63) is 29.3 Å². The fourth-order valence-corrected chi connectivity index (χ4v) is 3.48. The number of fused-ring (bicyclic) bond motifs is 1. The van der Waals surface area contributed by atoms with Gasteiger partial charge < -0.3 is 4.74 Å². The van der Waals surface area contributed by atoms with Crippen molar-refractivity contribution >= 4 is 34.8 Å². The Kier molecular flexibility index (Phi) is 3.86. The second kappa shape index (κ2) is 5.43. The van der Waals surface area contributed by atoms with E-state index in [-0.39, 0.29) is 5.91 Å². The third-order valence-corrected chi connectivity index (χ3v) is 5.64. The van der Waals surface area contributed by atoms with Gasteiger partial charge in [0, 0.05) is 5.56 Å². The lowest BCUT2D eigenvalue weighted by Gasteiger charge is -2.19. The molecule has 1 aromatic carbocycles. The number of carbonyl (C=O) groups is 1. The van der Waals surface area contributed by atoms with Crippen molar-refractivity contribution in [2.75, 3.05) is 7.11 Å². The zero-order valence-electron chi connectivity index (χ0n) is 12.6. The Balaban J connectivity index is 1.78. The number of halogens is 2. The first-order valence-corrected chi connectivity index (χ1v) is 8.05. The van der Waals surface area contributed by atoms with Crippen LogP contribution in [-0.4, -0.2) is 23.1 Å². The van der Waals surface area contributed by atoms with Gasteiger partial charge in [0.15, 0.2) is 0 Å². The van der Waals surface area contributed by atoms with Crippen molar-refractivity contribution in [2.24, 2.45) is 10.5 Å². The lowest BCUT2D eigenvalue weighted by atomic mass is 9.90. The van der Waals surface area contributed by atoms with Crippen molar-refractivity contribution in [3.63, 3.8) is 0 Å². The summed E-state index contributed by atoms with van der Waals surface area (Å²) in [4.78, 5) is 12.2. The van der Waals surface area contributed by atoms with Crippen molar-refractivity contribution in [1.82, 2.24) is 5.43 Å². The van der Waals surface area contributed by atoms with Crippen LogP contribution in [0.15, 0.2) is 23.3 Å². The second-order valence-corrected chi connectivity index (χ2v) is 7.57. The lowest BCUT2D eigenvalue weighted by Crippen LogP contribution is -2.31. The fraction of sp³-hybridized carbons (Fsp3) is 0.500. The normalized spacial score (nSPS) is 27.2. The largest absolute Gasteiger partial charge is 0.497 e. The number of methoxy groups -OCH3 is 1. The predicted octanol–water partition coefficient (Wildman–Crippen LogP) is 3.44. The van der Waals surface area contributed by atoms with Gasteiger partial charge in [0.05, 0.1) is 18.2 Å². The van der Waals surface area contributed by atoms with E-state index in [4.69, 9.17) is 27.9 Å². The van der Waals surface area contributed by atoms with E-state index < -0.39 is 9.75 Å². The molecule has 1 saturated carbocycles. The third kappa shape index (κ3) is 2.59. The number of hydrazone groups is 1. The lowest BCUT2D eigenvalue weighted by molar-refractivity contribution is -0.125. The summed E-state index contributed by atoms with van der Waals surface area (Å²) in [6.45, 7) is 1.75. The molecule has 0 bridgehead atoms. The molecule has 2 aliphatic rings. The Morgan fingerprint density at radius 1 is 1.36 bits per heavy atom.